The molecule has 0 fully saturated rings. The predicted octanol–water partition coefficient (Wildman–Crippen LogP) is 3.02. The molecule has 0 atom stereocenters. The number of amides is 1. The Morgan fingerprint density at radius 2 is 1.92 bits per heavy atom. The zero-order chi connectivity index (χ0) is 19.0. The second kappa shape index (κ2) is 9.70. The zero-order valence-corrected chi connectivity index (χ0v) is 16.5. The van der Waals surface area contributed by atoms with Crippen LogP contribution in [0.15, 0.2) is 46.0 Å². The Kier molecular flexibility index (Phi) is 7.62. The molecule has 142 valence electrons. The number of carbonyl (C=O) groups is 1. The van der Waals surface area contributed by atoms with Crippen LogP contribution in [0, 0.1) is 0 Å². The van der Waals surface area contributed by atoms with Crippen LogP contribution in [0.3, 0.4) is 0 Å². The molecule has 0 spiro atoms. The van der Waals surface area contributed by atoms with E-state index in [0.29, 0.717) is 18.8 Å². The highest BCUT2D eigenvalue weighted by Crippen LogP contribution is 2.20. The first-order valence-corrected chi connectivity index (χ1v) is 10.8. The summed E-state index contributed by atoms with van der Waals surface area (Å²) >= 11 is 1.16. The lowest BCUT2D eigenvalue weighted by Crippen LogP contribution is -2.27. The van der Waals surface area contributed by atoms with Gasteiger partial charge in [-0.15, -0.1) is 11.3 Å². The van der Waals surface area contributed by atoms with Crippen LogP contribution < -0.4 is 10.0 Å². The van der Waals surface area contributed by atoms with Crippen molar-refractivity contribution in [2.24, 2.45) is 0 Å². The average molecular weight is 397 g/mol. The van der Waals surface area contributed by atoms with Crippen LogP contribution in [0.25, 0.3) is 0 Å². The van der Waals surface area contributed by atoms with Gasteiger partial charge in [-0.05, 0) is 49.4 Å². The number of nitrogens with one attached hydrogen (secondary N) is 2. The Bertz CT molecular complexity index is 785. The molecule has 6 nitrogen and oxygen atoms in total. The molecule has 2 aromatic rings. The fourth-order valence-electron chi connectivity index (χ4n) is 2.18. The molecule has 0 radical (unpaired) electrons. The van der Waals surface area contributed by atoms with Crippen LogP contribution in [-0.2, 0) is 26.0 Å². The summed E-state index contributed by atoms with van der Waals surface area (Å²) in [5.41, 5.74) is 1.29. The molecule has 2 N–H and O–H groups in total. The number of carbonyl (C=O) groups excluding carboxylic acids is 1. The smallest absolute Gasteiger partial charge is 0.271 e. The Balaban J connectivity index is 1.79. The Hall–Kier alpha value is -1.90. The van der Waals surface area contributed by atoms with Gasteiger partial charge in [0.2, 0.25) is 5.91 Å². The van der Waals surface area contributed by atoms with E-state index in [1.165, 1.54) is 0 Å². The van der Waals surface area contributed by atoms with Gasteiger partial charge >= 0.3 is 0 Å². The third kappa shape index (κ3) is 6.78. The number of benzene rings is 1. The van der Waals surface area contributed by atoms with Crippen LogP contribution in [0.5, 0.6) is 0 Å². The third-order valence-electron chi connectivity index (χ3n) is 3.43. The minimum absolute atomic E-state index is 0.0681. The lowest BCUT2D eigenvalue weighted by atomic mass is 10.1. The van der Waals surface area contributed by atoms with Gasteiger partial charge < -0.3 is 10.1 Å². The van der Waals surface area contributed by atoms with E-state index in [0.717, 1.165) is 23.3 Å². The van der Waals surface area contributed by atoms with E-state index in [-0.39, 0.29) is 22.6 Å². The van der Waals surface area contributed by atoms with Crippen molar-refractivity contribution in [3.05, 3.63) is 47.3 Å². The molecule has 0 aliphatic carbocycles. The van der Waals surface area contributed by atoms with E-state index in [1.54, 1.807) is 41.8 Å². The van der Waals surface area contributed by atoms with Crippen molar-refractivity contribution < 1.29 is 17.9 Å². The molecule has 0 saturated carbocycles. The van der Waals surface area contributed by atoms with Gasteiger partial charge in [-0.3, -0.25) is 9.52 Å². The van der Waals surface area contributed by atoms with Crippen molar-refractivity contribution in [3.63, 3.8) is 0 Å². The van der Waals surface area contributed by atoms with E-state index in [9.17, 15) is 13.2 Å². The third-order valence-corrected chi connectivity index (χ3v) is 6.20. The first kappa shape index (κ1) is 20.4. The summed E-state index contributed by atoms with van der Waals surface area (Å²) < 4.78 is 32.5. The fourth-order valence-corrected chi connectivity index (χ4v) is 4.23. The molecule has 1 aromatic heterocycles. The number of hydrogen-bond acceptors (Lipinski definition) is 5. The fraction of sp³-hybridized carbons (Fsp3) is 0.389. The maximum atomic E-state index is 12.2. The number of hydrogen-bond donors (Lipinski definition) is 2. The molecule has 1 aromatic carbocycles. The van der Waals surface area contributed by atoms with Crippen molar-refractivity contribution in [1.82, 2.24) is 5.32 Å². The van der Waals surface area contributed by atoms with Gasteiger partial charge in [0, 0.05) is 18.8 Å². The van der Waals surface area contributed by atoms with Crippen LogP contribution in [0.1, 0.15) is 25.8 Å². The quantitative estimate of drug-likeness (QED) is 0.605. The van der Waals surface area contributed by atoms with Crippen molar-refractivity contribution in [1.29, 1.82) is 0 Å². The Labute approximate surface area is 158 Å². The monoisotopic (exact) mass is 396 g/mol. The van der Waals surface area contributed by atoms with E-state index in [4.69, 9.17) is 4.74 Å². The summed E-state index contributed by atoms with van der Waals surface area (Å²) in [5.74, 6) is -0.0681. The summed E-state index contributed by atoms with van der Waals surface area (Å²) in [6.07, 6.45) is 1.22. The number of anilines is 1. The van der Waals surface area contributed by atoms with E-state index in [2.05, 4.69) is 10.0 Å². The molecule has 26 heavy (non-hydrogen) atoms. The standard InChI is InChI=1S/C18H24N2O4S2/c1-14(2)24-11-4-10-19-17(21)13-15-6-8-16(9-7-15)20-26(22,23)18-5-3-12-25-18/h3,5-9,12,14,20H,4,10-11,13H2,1-2H3,(H,19,21). The number of sulfonamides is 1. The average Bonchev–Trinajstić information content (AvgIpc) is 3.11. The molecular formula is C18H24N2O4S2. The minimum Gasteiger partial charge on any atom is -0.379 e. The van der Waals surface area contributed by atoms with Crippen molar-refractivity contribution in [3.8, 4) is 0 Å². The number of thiophene rings is 1. The molecule has 1 amide bonds. The summed E-state index contributed by atoms with van der Waals surface area (Å²) in [5, 5.41) is 4.56. The van der Waals surface area contributed by atoms with E-state index < -0.39 is 10.0 Å². The molecule has 8 heteroatoms. The molecule has 2 rings (SSSR count). The van der Waals surface area contributed by atoms with Crippen LogP contribution in [-0.4, -0.2) is 33.6 Å². The minimum atomic E-state index is -3.55. The van der Waals surface area contributed by atoms with Gasteiger partial charge in [0.1, 0.15) is 4.21 Å². The van der Waals surface area contributed by atoms with E-state index in [1.807, 2.05) is 13.8 Å². The maximum Gasteiger partial charge on any atom is 0.271 e. The second-order valence-electron chi connectivity index (χ2n) is 6.03. The maximum absolute atomic E-state index is 12.2. The summed E-state index contributed by atoms with van der Waals surface area (Å²) in [4.78, 5) is 11.9. The number of ether oxygens (including phenoxy) is 1. The van der Waals surface area contributed by atoms with Crippen LogP contribution >= 0.6 is 11.3 Å². The molecule has 0 aliphatic heterocycles. The van der Waals surface area contributed by atoms with Crippen molar-refractivity contribution in [2.45, 2.75) is 37.0 Å². The second-order valence-corrected chi connectivity index (χ2v) is 8.89. The highest BCUT2D eigenvalue weighted by atomic mass is 32.2. The zero-order valence-electron chi connectivity index (χ0n) is 14.9. The first-order valence-electron chi connectivity index (χ1n) is 8.40. The summed E-state index contributed by atoms with van der Waals surface area (Å²) in [6.45, 7) is 5.15. The molecular weight excluding hydrogens is 372 g/mol. The van der Waals surface area contributed by atoms with Gasteiger partial charge in [0.15, 0.2) is 0 Å². The Morgan fingerprint density at radius 1 is 1.19 bits per heavy atom. The van der Waals surface area contributed by atoms with Crippen LogP contribution in [0.4, 0.5) is 5.69 Å². The van der Waals surface area contributed by atoms with Crippen molar-refractivity contribution >= 4 is 33.0 Å². The normalized spacial score (nSPS) is 11.5. The summed E-state index contributed by atoms with van der Waals surface area (Å²) in [7, 11) is -3.55. The molecule has 1 heterocycles. The van der Waals surface area contributed by atoms with Gasteiger partial charge in [-0.25, -0.2) is 8.42 Å². The first-order chi connectivity index (χ1) is 12.4. The lowest BCUT2D eigenvalue weighted by molar-refractivity contribution is -0.120. The highest BCUT2D eigenvalue weighted by molar-refractivity contribution is 7.94. The van der Waals surface area contributed by atoms with Gasteiger partial charge in [-0.1, -0.05) is 18.2 Å². The molecule has 0 unspecified atom stereocenters. The van der Waals surface area contributed by atoms with Gasteiger partial charge in [0.25, 0.3) is 10.0 Å². The topological polar surface area (TPSA) is 84.5 Å². The SMILES string of the molecule is CC(C)OCCCNC(=O)Cc1ccc(NS(=O)(=O)c2cccs2)cc1. The molecule has 0 bridgehead atoms. The highest BCUT2D eigenvalue weighted by Gasteiger charge is 2.15. The lowest BCUT2D eigenvalue weighted by Gasteiger charge is -2.09. The molecule has 0 saturated heterocycles. The van der Waals surface area contributed by atoms with Gasteiger partial charge in [-0.2, -0.15) is 0 Å². The number of rotatable bonds is 10. The largest absolute Gasteiger partial charge is 0.379 e. The van der Waals surface area contributed by atoms with E-state index >= 15 is 0 Å². The summed E-state index contributed by atoms with van der Waals surface area (Å²) in [6, 6.07) is 10.0. The predicted molar refractivity (Wildman–Crippen MR) is 104 cm³/mol. The van der Waals surface area contributed by atoms with Gasteiger partial charge in [0.05, 0.1) is 12.5 Å². The Morgan fingerprint density at radius 3 is 2.54 bits per heavy atom. The van der Waals surface area contributed by atoms with Crippen LogP contribution in [0.2, 0.25) is 0 Å². The van der Waals surface area contributed by atoms with Crippen molar-refractivity contribution in [2.75, 3.05) is 17.9 Å². The molecule has 0 aliphatic rings.